The third kappa shape index (κ3) is 3.90. The lowest BCUT2D eigenvalue weighted by atomic mass is 10.1. The number of aromatic nitrogens is 2. The minimum absolute atomic E-state index is 0. The van der Waals surface area contributed by atoms with Crippen molar-refractivity contribution in [3.63, 3.8) is 0 Å². The van der Waals surface area contributed by atoms with Gasteiger partial charge in [-0.25, -0.2) is 4.98 Å². The van der Waals surface area contributed by atoms with Crippen LogP contribution in [0.1, 0.15) is 31.7 Å². The molecule has 0 radical (unpaired) electrons. The van der Waals surface area contributed by atoms with Crippen LogP contribution in [0.2, 0.25) is 0 Å². The van der Waals surface area contributed by atoms with Crippen LogP contribution in [0.25, 0.3) is 11.0 Å². The smallest absolute Gasteiger partial charge is 0.118 e. The molecule has 2 aromatic carbocycles. The number of hydrogen-bond donors (Lipinski definition) is 0. The minimum Gasteiger partial charge on any atom is -0.497 e. The summed E-state index contributed by atoms with van der Waals surface area (Å²) in [6.45, 7) is 5.56. The number of halogens is 1. The Morgan fingerprint density at radius 1 is 1.08 bits per heavy atom. The van der Waals surface area contributed by atoms with E-state index in [4.69, 9.17) is 9.72 Å². The van der Waals surface area contributed by atoms with Gasteiger partial charge in [0.1, 0.15) is 11.6 Å². The van der Waals surface area contributed by atoms with Gasteiger partial charge in [-0.2, -0.15) is 0 Å². The number of para-hydroxylation sites is 2. The normalized spacial score (nSPS) is 12.0. The van der Waals surface area contributed by atoms with Gasteiger partial charge in [-0.15, -0.1) is 12.4 Å². The van der Waals surface area contributed by atoms with Crippen molar-refractivity contribution in [2.75, 3.05) is 7.11 Å². The Balaban J connectivity index is 0.00000208. The minimum atomic E-state index is 0. The molecule has 0 aliphatic heterocycles. The number of nitrogens with zero attached hydrogens (tertiary/aromatic N) is 2. The molecule has 0 fully saturated rings. The molecule has 1 aromatic heterocycles. The average molecular weight is 345 g/mol. The lowest BCUT2D eigenvalue weighted by Crippen LogP contribution is -2.10. The number of ether oxygens (including phenoxy) is 1. The van der Waals surface area contributed by atoms with Crippen molar-refractivity contribution in [1.29, 1.82) is 0 Å². The topological polar surface area (TPSA) is 27.1 Å². The fraction of sp³-hybridized carbons (Fsp3) is 0.350. The van der Waals surface area contributed by atoms with Crippen LogP contribution in [0.4, 0.5) is 0 Å². The largest absolute Gasteiger partial charge is 0.497 e. The van der Waals surface area contributed by atoms with Crippen LogP contribution in [0.15, 0.2) is 48.5 Å². The average Bonchev–Trinajstić information content (AvgIpc) is 2.93. The summed E-state index contributed by atoms with van der Waals surface area (Å²) in [5.74, 6) is 2.67. The number of imidazole rings is 1. The van der Waals surface area contributed by atoms with E-state index in [1.54, 1.807) is 7.11 Å². The maximum atomic E-state index is 5.24. The summed E-state index contributed by atoms with van der Waals surface area (Å²) >= 11 is 0. The van der Waals surface area contributed by atoms with Crippen molar-refractivity contribution in [3.05, 3.63) is 59.9 Å². The maximum absolute atomic E-state index is 5.24. The first kappa shape index (κ1) is 18.3. The van der Waals surface area contributed by atoms with Gasteiger partial charge in [-0.05, 0) is 35.7 Å². The first-order valence-electron chi connectivity index (χ1n) is 8.28. The third-order valence-electron chi connectivity index (χ3n) is 4.45. The van der Waals surface area contributed by atoms with Crippen LogP contribution in [0, 0.1) is 5.92 Å². The Hall–Kier alpha value is -2.00. The summed E-state index contributed by atoms with van der Waals surface area (Å²) in [6.07, 6.45) is 2.02. The molecule has 128 valence electrons. The van der Waals surface area contributed by atoms with Gasteiger partial charge in [0, 0.05) is 13.0 Å². The van der Waals surface area contributed by atoms with Crippen molar-refractivity contribution < 1.29 is 4.74 Å². The number of rotatable bonds is 6. The van der Waals surface area contributed by atoms with E-state index in [0.717, 1.165) is 30.1 Å². The third-order valence-corrected chi connectivity index (χ3v) is 4.45. The van der Waals surface area contributed by atoms with E-state index >= 15 is 0 Å². The summed E-state index contributed by atoms with van der Waals surface area (Å²) in [5.41, 5.74) is 3.57. The zero-order valence-corrected chi connectivity index (χ0v) is 15.3. The fourth-order valence-electron chi connectivity index (χ4n) is 2.83. The number of methoxy groups -OCH3 is 1. The second-order valence-corrected chi connectivity index (χ2v) is 6.17. The van der Waals surface area contributed by atoms with Crippen LogP contribution < -0.4 is 4.74 Å². The molecule has 0 aliphatic rings. The Kier molecular flexibility index (Phi) is 6.27. The van der Waals surface area contributed by atoms with Crippen LogP contribution in [0.3, 0.4) is 0 Å². The highest BCUT2D eigenvalue weighted by molar-refractivity contribution is 5.85. The second-order valence-electron chi connectivity index (χ2n) is 6.17. The first-order valence-corrected chi connectivity index (χ1v) is 8.28. The van der Waals surface area contributed by atoms with Gasteiger partial charge in [-0.1, -0.05) is 44.5 Å². The predicted octanol–water partition coefficient (Wildman–Crippen LogP) is 5.10. The summed E-state index contributed by atoms with van der Waals surface area (Å²) in [5, 5.41) is 0. The predicted molar refractivity (Wildman–Crippen MR) is 102 cm³/mol. The first-order chi connectivity index (χ1) is 11.2. The molecule has 0 aliphatic carbocycles. The van der Waals surface area contributed by atoms with E-state index < -0.39 is 0 Å². The molecule has 3 aromatic rings. The van der Waals surface area contributed by atoms with Gasteiger partial charge in [0.05, 0.1) is 18.1 Å². The molecule has 1 unspecified atom stereocenters. The molecule has 3 rings (SSSR count). The van der Waals surface area contributed by atoms with Crippen molar-refractivity contribution in [1.82, 2.24) is 9.55 Å². The Labute approximate surface area is 150 Å². The molecule has 1 atom stereocenters. The Morgan fingerprint density at radius 3 is 2.46 bits per heavy atom. The van der Waals surface area contributed by atoms with Gasteiger partial charge < -0.3 is 9.30 Å². The van der Waals surface area contributed by atoms with Crippen LogP contribution in [0.5, 0.6) is 5.75 Å². The maximum Gasteiger partial charge on any atom is 0.118 e. The van der Waals surface area contributed by atoms with Gasteiger partial charge in [-0.3, -0.25) is 0 Å². The molecule has 0 saturated heterocycles. The molecular formula is C20H25ClN2O. The highest BCUT2D eigenvalue weighted by Crippen LogP contribution is 2.21. The molecule has 0 amide bonds. The molecule has 0 N–H and O–H groups in total. The van der Waals surface area contributed by atoms with Gasteiger partial charge >= 0.3 is 0 Å². The molecule has 3 nitrogen and oxygen atoms in total. The zero-order chi connectivity index (χ0) is 16.2. The van der Waals surface area contributed by atoms with E-state index in [9.17, 15) is 0 Å². The van der Waals surface area contributed by atoms with Gasteiger partial charge in [0.25, 0.3) is 0 Å². The highest BCUT2D eigenvalue weighted by atomic mass is 35.5. The molecule has 0 bridgehead atoms. The summed E-state index contributed by atoms with van der Waals surface area (Å²) in [7, 11) is 1.70. The Morgan fingerprint density at radius 2 is 1.79 bits per heavy atom. The van der Waals surface area contributed by atoms with Crippen LogP contribution >= 0.6 is 12.4 Å². The summed E-state index contributed by atoms with van der Waals surface area (Å²) in [4.78, 5) is 4.87. The van der Waals surface area contributed by atoms with E-state index in [1.165, 1.54) is 17.5 Å². The monoisotopic (exact) mass is 344 g/mol. The summed E-state index contributed by atoms with van der Waals surface area (Å²) < 4.78 is 7.62. The fourth-order valence-corrected chi connectivity index (χ4v) is 2.83. The molecule has 1 heterocycles. The molecule has 0 spiro atoms. The van der Waals surface area contributed by atoms with Crippen molar-refractivity contribution in [3.8, 4) is 5.75 Å². The van der Waals surface area contributed by atoms with E-state index in [2.05, 4.69) is 54.8 Å². The van der Waals surface area contributed by atoms with E-state index in [1.807, 2.05) is 12.1 Å². The lowest BCUT2D eigenvalue weighted by molar-refractivity contribution is 0.414. The van der Waals surface area contributed by atoms with Gasteiger partial charge in [0.15, 0.2) is 0 Å². The molecule has 4 heteroatoms. The van der Waals surface area contributed by atoms with E-state index in [-0.39, 0.29) is 12.4 Å². The Bertz CT molecular complexity index is 780. The van der Waals surface area contributed by atoms with Crippen LogP contribution in [-0.2, 0) is 13.0 Å². The lowest BCUT2D eigenvalue weighted by Gasteiger charge is -2.14. The number of hydrogen-bond acceptors (Lipinski definition) is 2. The second kappa shape index (κ2) is 8.20. The quantitative estimate of drug-likeness (QED) is 0.621. The molecule has 24 heavy (non-hydrogen) atoms. The van der Waals surface area contributed by atoms with Crippen molar-refractivity contribution in [2.45, 2.75) is 33.2 Å². The molecular weight excluding hydrogens is 320 g/mol. The number of benzene rings is 2. The van der Waals surface area contributed by atoms with Crippen LogP contribution in [-0.4, -0.2) is 16.7 Å². The van der Waals surface area contributed by atoms with E-state index in [0.29, 0.717) is 5.92 Å². The highest BCUT2D eigenvalue weighted by Gasteiger charge is 2.13. The standard InChI is InChI=1S/C20H24N2O.ClH/c1-4-15(2)14-22-19-8-6-5-7-18(19)21-20(22)13-16-9-11-17(23-3)12-10-16;/h5-12,15H,4,13-14H2,1-3H3;1H. The van der Waals surface area contributed by atoms with Gasteiger partial charge in [0.2, 0.25) is 0 Å². The number of fused-ring (bicyclic) bond motifs is 1. The van der Waals surface area contributed by atoms with Crippen molar-refractivity contribution in [2.24, 2.45) is 5.92 Å². The SMILES string of the molecule is CCC(C)Cn1c(Cc2ccc(OC)cc2)nc2ccccc21.Cl. The summed E-state index contributed by atoms with van der Waals surface area (Å²) in [6, 6.07) is 16.7. The zero-order valence-electron chi connectivity index (χ0n) is 14.5. The molecule has 0 saturated carbocycles. The van der Waals surface area contributed by atoms with Crippen molar-refractivity contribution >= 4 is 23.4 Å².